The molecule has 1 aliphatic carbocycles. The Morgan fingerprint density at radius 3 is 2.58 bits per heavy atom. The van der Waals surface area contributed by atoms with Crippen LogP contribution in [0.4, 0.5) is 0 Å². The van der Waals surface area contributed by atoms with E-state index in [1.54, 1.807) is 0 Å². The number of rotatable bonds is 8. The van der Waals surface area contributed by atoms with Gasteiger partial charge in [0.2, 0.25) is 0 Å². The quantitative estimate of drug-likeness (QED) is 0.695. The third kappa shape index (κ3) is 5.74. The molecule has 0 aliphatic heterocycles. The van der Waals surface area contributed by atoms with Gasteiger partial charge in [-0.05, 0) is 45.4 Å². The summed E-state index contributed by atoms with van der Waals surface area (Å²) in [6.07, 6.45) is 7.69. The molecule has 1 rings (SSSR count). The summed E-state index contributed by atoms with van der Waals surface area (Å²) in [5.74, 6) is 0.925. The summed E-state index contributed by atoms with van der Waals surface area (Å²) in [4.78, 5) is 12.0. The molecule has 1 N–H and O–H groups in total. The predicted octanol–water partition coefficient (Wildman–Crippen LogP) is 3.37. The van der Waals surface area contributed by atoms with Crippen molar-refractivity contribution in [2.75, 3.05) is 18.9 Å². The lowest BCUT2D eigenvalue weighted by molar-refractivity contribution is -0.150. The number of hydrogen-bond donors (Lipinski definition) is 1. The fourth-order valence-corrected chi connectivity index (χ4v) is 4.13. The van der Waals surface area contributed by atoms with Gasteiger partial charge in [-0.1, -0.05) is 26.2 Å². The van der Waals surface area contributed by atoms with Crippen molar-refractivity contribution in [3.63, 3.8) is 0 Å². The average molecular weight is 287 g/mol. The summed E-state index contributed by atoms with van der Waals surface area (Å²) in [6, 6.07) is 0. The fraction of sp³-hybridized carbons (Fsp3) is 0.933. The standard InChI is InChI=1S/C15H29NO2S/c1-4-16-15(3,14(17)18-5-2)11-12-19-13-9-7-6-8-10-13/h13,16H,4-12H2,1-3H3. The van der Waals surface area contributed by atoms with Gasteiger partial charge >= 0.3 is 5.97 Å². The molecule has 0 bridgehead atoms. The minimum absolute atomic E-state index is 0.110. The smallest absolute Gasteiger partial charge is 0.326 e. The summed E-state index contributed by atoms with van der Waals surface area (Å²) >= 11 is 2.04. The topological polar surface area (TPSA) is 38.3 Å². The Morgan fingerprint density at radius 1 is 1.32 bits per heavy atom. The van der Waals surface area contributed by atoms with E-state index in [0.717, 1.165) is 24.0 Å². The summed E-state index contributed by atoms with van der Waals surface area (Å²) in [6.45, 7) is 7.11. The van der Waals surface area contributed by atoms with Crippen LogP contribution in [0.15, 0.2) is 0 Å². The van der Waals surface area contributed by atoms with Gasteiger partial charge in [0, 0.05) is 5.25 Å². The highest BCUT2D eigenvalue weighted by atomic mass is 32.2. The number of carbonyl (C=O) groups excluding carboxylic acids is 1. The monoisotopic (exact) mass is 287 g/mol. The van der Waals surface area contributed by atoms with Gasteiger partial charge in [0.25, 0.3) is 0 Å². The summed E-state index contributed by atoms with van der Waals surface area (Å²) in [7, 11) is 0. The lowest BCUT2D eigenvalue weighted by Crippen LogP contribution is -2.50. The number of ether oxygens (including phenoxy) is 1. The van der Waals surface area contributed by atoms with Crippen molar-refractivity contribution in [1.29, 1.82) is 0 Å². The van der Waals surface area contributed by atoms with Crippen LogP contribution in [0.5, 0.6) is 0 Å². The Balaban J connectivity index is 2.37. The highest BCUT2D eigenvalue weighted by Crippen LogP contribution is 2.29. The van der Waals surface area contributed by atoms with E-state index >= 15 is 0 Å². The molecule has 0 amide bonds. The van der Waals surface area contributed by atoms with Crippen molar-refractivity contribution >= 4 is 17.7 Å². The number of nitrogens with one attached hydrogen (secondary N) is 1. The number of carbonyl (C=O) groups is 1. The van der Waals surface area contributed by atoms with Crippen LogP contribution < -0.4 is 5.32 Å². The average Bonchev–Trinajstić information content (AvgIpc) is 2.40. The third-order valence-corrected chi connectivity index (χ3v) is 5.18. The molecule has 112 valence electrons. The molecule has 0 aromatic heterocycles. The number of thioether (sulfide) groups is 1. The summed E-state index contributed by atoms with van der Waals surface area (Å²) in [5, 5.41) is 4.10. The van der Waals surface area contributed by atoms with E-state index in [2.05, 4.69) is 5.32 Å². The highest BCUT2D eigenvalue weighted by molar-refractivity contribution is 7.99. The van der Waals surface area contributed by atoms with Gasteiger partial charge in [-0.3, -0.25) is 4.79 Å². The Hall–Kier alpha value is -0.220. The van der Waals surface area contributed by atoms with Crippen molar-refractivity contribution in [2.24, 2.45) is 0 Å². The second kappa shape index (κ2) is 8.85. The molecular weight excluding hydrogens is 258 g/mol. The van der Waals surface area contributed by atoms with Gasteiger partial charge in [-0.25, -0.2) is 0 Å². The lowest BCUT2D eigenvalue weighted by atomic mass is 9.99. The van der Waals surface area contributed by atoms with Crippen molar-refractivity contribution in [3.05, 3.63) is 0 Å². The summed E-state index contributed by atoms with van der Waals surface area (Å²) in [5.41, 5.74) is -0.521. The zero-order chi connectivity index (χ0) is 14.1. The van der Waals surface area contributed by atoms with Gasteiger partial charge in [0.15, 0.2) is 0 Å². The largest absolute Gasteiger partial charge is 0.465 e. The molecule has 1 aliphatic rings. The SMILES string of the molecule is CCNC(C)(CCSC1CCCCC1)C(=O)OCC. The Morgan fingerprint density at radius 2 is 2.00 bits per heavy atom. The fourth-order valence-electron chi connectivity index (χ4n) is 2.60. The molecule has 0 heterocycles. The third-order valence-electron chi connectivity index (χ3n) is 3.80. The minimum atomic E-state index is -0.521. The number of likely N-dealkylation sites (N-methyl/N-ethyl adjacent to an activating group) is 1. The van der Waals surface area contributed by atoms with Gasteiger partial charge in [0.1, 0.15) is 5.54 Å². The normalized spacial score (nSPS) is 19.9. The Kier molecular flexibility index (Phi) is 7.84. The van der Waals surface area contributed by atoms with Gasteiger partial charge in [-0.15, -0.1) is 0 Å². The van der Waals surface area contributed by atoms with Crippen LogP contribution >= 0.6 is 11.8 Å². The van der Waals surface area contributed by atoms with Crippen molar-refractivity contribution in [1.82, 2.24) is 5.32 Å². The van der Waals surface area contributed by atoms with E-state index in [1.807, 2.05) is 32.5 Å². The number of hydrogen-bond acceptors (Lipinski definition) is 4. The first-order chi connectivity index (χ1) is 9.12. The molecular formula is C15H29NO2S. The van der Waals surface area contributed by atoms with Crippen LogP contribution in [0.25, 0.3) is 0 Å². The van der Waals surface area contributed by atoms with Crippen LogP contribution in [0.3, 0.4) is 0 Å². The zero-order valence-electron chi connectivity index (χ0n) is 12.7. The number of esters is 1. The van der Waals surface area contributed by atoms with E-state index in [0.29, 0.717) is 6.61 Å². The maximum absolute atomic E-state index is 12.0. The Bertz CT molecular complexity index is 267. The molecule has 0 radical (unpaired) electrons. The Labute approximate surface area is 122 Å². The molecule has 1 fully saturated rings. The molecule has 4 heteroatoms. The van der Waals surface area contributed by atoms with Gasteiger partial charge < -0.3 is 10.1 Å². The van der Waals surface area contributed by atoms with E-state index in [-0.39, 0.29) is 5.97 Å². The molecule has 1 unspecified atom stereocenters. The van der Waals surface area contributed by atoms with E-state index in [9.17, 15) is 4.79 Å². The van der Waals surface area contributed by atoms with Crippen LogP contribution in [-0.2, 0) is 9.53 Å². The van der Waals surface area contributed by atoms with Crippen LogP contribution in [-0.4, -0.2) is 35.7 Å². The molecule has 19 heavy (non-hydrogen) atoms. The zero-order valence-corrected chi connectivity index (χ0v) is 13.5. The molecule has 1 saturated carbocycles. The highest BCUT2D eigenvalue weighted by Gasteiger charge is 2.33. The molecule has 0 spiro atoms. The first-order valence-corrected chi connectivity index (χ1v) is 8.71. The first-order valence-electron chi connectivity index (χ1n) is 7.66. The van der Waals surface area contributed by atoms with E-state index in [1.165, 1.54) is 32.1 Å². The van der Waals surface area contributed by atoms with Gasteiger partial charge in [-0.2, -0.15) is 11.8 Å². The van der Waals surface area contributed by atoms with E-state index < -0.39 is 5.54 Å². The molecule has 0 aromatic carbocycles. The molecule has 0 aromatic rings. The summed E-state index contributed by atoms with van der Waals surface area (Å²) < 4.78 is 5.19. The van der Waals surface area contributed by atoms with Crippen LogP contribution in [0.2, 0.25) is 0 Å². The van der Waals surface area contributed by atoms with Crippen molar-refractivity contribution < 1.29 is 9.53 Å². The van der Waals surface area contributed by atoms with E-state index in [4.69, 9.17) is 4.74 Å². The van der Waals surface area contributed by atoms with Gasteiger partial charge in [0.05, 0.1) is 6.61 Å². The minimum Gasteiger partial charge on any atom is -0.465 e. The second-order valence-electron chi connectivity index (χ2n) is 5.46. The first kappa shape index (κ1) is 16.8. The second-order valence-corrected chi connectivity index (χ2v) is 6.87. The molecule has 0 saturated heterocycles. The molecule has 3 nitrogen and oxygen atoms in total. The molecule has 1 atom stereocenters. The van der Waals surface area contributed by atoms with Crippen LogP contribution in [0, 0.1) is 0 Å². The lowest BCUT2D eigenvalue weighted by Gasteiger charge is -2.29. The van der Waals surface area contributed by atoms with Crippen LogP contribution in [0.1, 0.15) is 59.3 Å². The predicted molar refractivity (Wildman–Crippen MR) is 82.7 cm³/mol. The van der Waals surface area contributed by atoms with Crippen molar-refractivity contribution in [3.8, 4) is 0 Å². The maximum Gasteiger partial charge on any atom is 0.326 e. The maximum atomic E-state index is 12.0. The van der Waals surface area contributed by atoms with Crippen molar-refractivity contribution in [2.45, 2.75) is 70.1 Å².